The first-order valence-corrected chi connectivity index (χ1v) is 7.00. The van der Waals surface area contributed by atoms with E-state index in [1.165, 1.54) is 0 Å². The van der Waals surface area contributed by atoms with Crippen LogP contribution in [0.5, 0.6) is 5.88 Å². The molecule has 5 heteroatoms. The topological polar surface area (TPSA) is 58.5 Å². The van der Waals surface area contributed by atoms with Gasteiger partial charge in [-0.15, -0.1) is 0 Å². The number of rotatable bonds is 5. The van der Waals surface area contributed by atoms with Crippen molar-refractivity contribution >= 4 is 5.96 Å². The quantitative estimate of drug-likeness (QED) is 0.489. The summed E-state index contributed by atoms with van der Waals surface area (Å²) >= 11 is 0. The van der Waals surface area contributed by atoms with E-state index in [2.05, 4.69) is 39.7 Å². The SMILES string of the molecule is CCNC(=NCc1ccnc(OC)c1)NC1CC=CC1. The van der Waals surface area contributed by atoms with Crippen LogP contribution in [0.2, 0.25) is 0 Å². The maximum Gasteiger partial charge on any atom is 0.213 e. The Balaban J connectivity index is 1.96. The van der Waals surface area contributed by atoms with Gasteiger partial charge in [0.05, 0.1) is 13.7 Å². The van der Waals surface area contributed by atoms with Gasteiger partial charge in [0.25, 0.3) is 0 Å². The number of hydrogen-bond donors (Lipinski definition) is 2. The van der Waals surface area contributed by atoms with Crippen LogP contribution >= 0.6 is 0 Å². The average Bonchev–Trinajstić information content (AvgIpc) is 2.98. The second-order valence-corrected chi connectivity index (χ2v) is 4.69. The summed E-state index contributed by atoms with van der Waals surface area (Å²) < 4.78 is 5.12. The third-order valence-electron chi connectivity index (χ3n) is 3.12. The van der Waals surface area contributed by atoms with Crippen molar-refractivity contribution in [2.24, 2.45) is 4.99 Å². The molecule has 0 fully saturated rings. The Kier molecular flexibility index (Phi) is 5.41. The smallest absolute Gasteiger partial charge is 0.213 e. The molecule has 20 heavy (non-hydrogen) atoms. The monoisotopic (exact) mass is 274 g/mol. The molecule has 2 rings (SSSR count). The number of guanidine groups is 1. The van der Waals surface area contributed by atoms with Gasteiger partial charge in [0.1, 0.15) is 0 Å². The molecule has 2 N–H and O–H groups in total. The van der Waals surface area contributed by atoms with Gasteiger partial charge in [-0.2, -0.15) is 0 Å². The molecule has 108 valence electrons. The van der Waals surface area contributed by atoms with Gasteiger partial charge in [-0.3, -0.25) is 0 Å². The van der Waals surface area contributed by atoms with Crippen molar-refractivity contribution in [3.8, 4) is 5.88 Å². The molecule has 0 radical (unpaired) electrons. The number of methoxy groups -OCH3 is 1. The highest BCUT2D eigenvalue weighted by atomic mass is 16.5. The lowest BCUT2D eigenvalue weighted by atomic mass is 10.2. The van der Waals surface area contributed by atoms with E-state index in [9.17, 15) is 0 Å². The van der Waals surface area contributed by atoms with Crippen LogP contribution in [0, 0.1) is 0 Å². The molecular formula is C15H22N4O. The first-order valence-electron chi connectivity index (χ1n) is 7.00. The van der Waals surface area contributed by atoms with Crippen LogP contribution in [0.3, 0.4) is 0 Å². The summed E-state index contributed by atoms with van der Waals surface area (Å²) in [7, 11) is 1.62. The van der Waals surface area contributed by atoms with Gasteiger partial charge >= 0.3 is 0 Å². The lowest BCUT2D eigenvalue weighted by Crippen LogP contribution is -2.42. The normalized spacial score (nSPS) is 15.4. The zero-order valence-corrected chi connectivity index (χ0v) is 12.1. The standard InChI is InChI=1S/C15H22N4O/c1-3-16-15(19-13-6-4-5-7-13)18-11-12-8-9-17-14(10-12)20-2/h4-5,8-10,13H,3,6-7,11H2,1-2H3,(H2,16,18,19). The summed E-state index contributed by atoms with van der Waals surface area (Å²) in [5.41, 5.74) is 1.08. The fourth-order valence-corrected chi connectivity index (χ4v) is 2.08. The third-order valence-corrected chi connectivity index (χ3v) is 3.12. The Labute approximate surface area is 120 Å². The summed E-state index contributed by atoms with van der Waals surface area (Å²) in [6, 6.07) is 4.32. The van der Waals surface area contributed by atoms with Crippen LogP contribution in [0.15, 0.2) is 35.5 Å². The first-order chi connectivity index (χ1) is 9.81. The van der Waals surface area contributed by atoms with Crippen LogP contribution in [-0.4, -0.2) is 30.6 Å². The molecule has 0 spiro atoms. The number of nitrogens with zero attached hydrogens (tertiary/aromatic N) is 2. The first kappa shape index (κ1) is 14.4. The second-order valence-electron chi connectivity index (χ2n) is 4.69. The maximum atomic E-state index is 5.12. The fourth-order valence-electron chi connectivity index (χ4n) is 2.08. The zero-order chi connectivity index (χ0) is 14.2. The van der Waals surface area contributed by atoms with E-state index in [1.807, 2.05) is 12.1 Å². The van der Waals surface area contributed by atoms with Gasteiger partial charge in [-0.25, -0.2) is 9.98 Å². The number of aromatic nitrogens is 1. The third kappa shape index (κ3) is 4.26. The highest BCUT2D eigenvalue weighted by Crippen LogP contribution is 2.10. The summed E-state index contributed by atoms with van der Waals surface area (Å²) in [6.07, 6.45) is 8.27. The van der Waals surface area contributed by atoms with E-state index in [1.54, 1.807) is 13.3 Å². The van der Waals surface area contributed by atoms with Crippen LogP contribution in [0.25, 0.3) is 0 Å². The van der Waals surface area contributed by atoms with E-state index >= 15 is 0 Å². The van der Waals surface area contributed by atoms with Crippen LogP contribution in [-0.2, 0) is 6.54 Å². The Morgan fingerprint density at radius 1 is 1.45 bits per heavy atom. The van der Waals surface area contributed by atoms with Crippen LogP contribution < -0.4 is 15.4 Å². The average molecular weight is 274 g/mol. The predicted octanol–water partition coefficient (Wildman–Crippen LogP) is 1.86. The van der Waals surface area contributed by atoms with Gasteiger partial charge in [-0.1, -0.05) is 12.2 Å². The van der Waals surface area contributed by atoms with Gasteiger partial charge in [0.15, 0.2) is 5.96 Å². The Morgan fingerprint density at radius 2 is 2.25 bits per heavy atom. The highest BCUT2D eigenvalue weighted by molar-refractivity contribution is 5.80. The van der Waals surface area contributed by atoms with Gasteiger partial charge in [-0.05, 0) is 31.4 Å². The van der Waals surface area contributed by atoms with Gasteiger partial charge in [0, 0.05) is 24.8 Å². The lowest BCUT2D eigenvalue weighted by molar-refractivity contribution is 0.397. The van der Waals surface area contributed by atoms with Crippen molar-refractivity contribution in [1.29, 1.82) is 0 Å². The maximum absolute atomic E-state index is 5.12. The molecule has 0 amide bonds. The molecular weight excluding hydrogens is 252 g/mol. The molecule has 1 aliphatic rings. The number of pyridine rings is 1. The largest absolute Gasteiger partial charge is 0.481 e. The number of ether oxygens (including phenoxy) is 1. The number of aliphatic imine (C=N–C) groups is 1. The van der Waals surface area contributed by atoms with E-state index in [0.717, 1.165) is 30.9 Å². The van der Waals surface area contributed by atoms with Crippen molar-refractivity contribution in [2.75, 3.05) is 13.7 Å². The highest BCUT2D eigenvalue weighted by Gasteiger charge is 2.11. The lowest BCUT2D eigenvalue weighted by Gasteiger charge is -2.16. The molecule has 1 aromatic heterocycles. The summed E-state index contributed by atoms with van der Waals surface area (Å²) in [5, 5.41) is 6.72. The second kappa shape index (κ2) is 7.53. The molecule has 1 aliphatic carbocycles. The summed E-state index contributed by atoms with van der Waals surface area (Å²) in [6.45, 7) is 3.53. The minimum Gasteiger partial charge on any atom is -0.481 e. The van der Waals surface area contributed by atoms with Crippen molar-refractivity contribution in [1.82, 2.24) is 15.6 Å². The Bertz CT molecular complexity index is 477. The predicted molar refractivity (Wildman–Crippen MR) is 80.9 cm³/mol. The summed E-state index contributed by atoms with van der Waals surface area (Å²) in [4.78, 5) is 8.70. The van der Waals surface area contributed by atoms with Crippen LogP contribution in [0.4, 0.5) is 0 Å². The fraction of sp³-hybridized carbons (Fsp3) is 0.467. The Hall–Kier alpha value is -2.04. The van der Waals surface area contributed by atoms with E-state index in [0.29, 0.717) is 18.5 Å². The van der Waals surface area contributed by atoms with Gasteiger partial charge < -0.3 is 15.4 Å². The molecule has 0 unspecified atom stereocenters. The van der Waals surface area contributed by atoms with Gasteiger partial charge in [0.2, 0.25) is 5.88 Å². The van der Waals surface area contributed by atoms with Crippen molar-refractivity contribution in [3.05, 3.63) is 36.0 Å². The summed E-state index contributed by atoms with van der Waals surface area (Å²) in [5.74, 6) is 1.48. The molecule has 1 heterocycles. The van der Waals surface area contributed by atoms with Crippen molar-refractivity contribution in [2.45, 2.75) is 32.4 Å². The molecule has 0 bridgehead atoms. The zero-order valence-electron chi connectivity index (χ0n) is 12.1. The van der Waals surface area contributed by atoms with E-state index < -0.39 is 0 Å². The minimum atomic E-state index is 0.458. The minimum absolute atomic E-state index is 0.458. The van der Waals surface area contributed by atoms with E-state index in [-0.39, 0.29) is 0 Å². The molecule has 0 aliphatic heterocycles. The Morgan fingerprint density at radius 3 is 2.95 bits per heavy atom. The number of nitrogens with one attached hydrogen (secondary N) is 2. The van der Waals surface area contributed by atoms with E-state index in [4.69, 9.17) is 4.74 Å². The molecule has 0 atom stereocenters. The number of hydrogen-bond acceptors (Lipinski definition) is 3. The van der Waals surface area contributed by atoms with Crippen LogP contribution in [0.1, 0.15) is 25.3 Å². The molecule has 0 saturated heterocycles. The molecule has 5 nitrogen and oxygen atoms in total. The molecule has 0 aromatic carbocycles. The molecule has 1 aromatic rings. The van der Waals surface area contributed by atoms with Crippen molar-refractivity contribution < 1.29 is 4.74 Å². The van der Waals surface area contributed by atoms with Crippen molar-refractivity contribution in [3.63, 3.8) is 0 Å². The molecule has 0 saturated carbocycles.